The number of hydrogen-bond acceptors (Lipinski definition) is 4. The summed E-state index contributed by atoms with van der Waals surface area (Å²) < 4.78 is 42.0. The minimum atomic E-state index is -3.03. The molecule has 0 saturated carbocycles. The Morgan fingerprint density at radius 2 is 1.72 bits per heavy atom. The smallest absolute Gasteiger partial charge is 0.151 e. The molecule has 0 radical (unpaired) electrons. The van der Waals surface area contributed by atoms with Crippen molar-refractivity contribution in [1.82, 2.24) is 4.90 Å². The number of likely N-dealkylation sites (tertiary alicyclic amines) is 1. The highest BCUT2D eigenvalue weighted by atomic mass is 32.2. The van der Waals surface area contributed by atoms with Gasteiger partial charge >= 0.3 is 0 Å². The van der Waals surface area contributed by atoms with E-state index in [1.807, 2.05) is 24.3 Å². The number of ether oxygens (including phenoxy) is 1. The van der Waals surface area contributed by atoms with Gasteiger partial charge in [0.05, 0.1) is 5.75 Å². The summed E-state index contributed by atoms with van der Waals surface area (Å²) in [6, 6.07) is 14.0. The van der Waals surface area contributed by atoms with Gasteiger partial charge in [0.15, 0.2) is 9.84 Å². The van der Waals surface area contributed by atoms with E-state index in [-0.39, 0.29) is 18.0 Å². The molecule has 6 heteroatoms. The van der Waals surface area contributed by atoms with E-state index in [9.17, 15) is 12.8 Å². The van der Waals surface area contributed by atoms with Crippen LogP contribution in [0, 0.1) is 0 Å². The van der Waals surface area contributed by atoms with E-state index in [0.717, 1.165) is 61.2 Å². The van der Waals surface area contributed by atoms with Gasteiger partial charge in [-0.3, -0.25) is 0 Å². The highest BCUT2D eigenvalue weighted by Gasteiger charge is 2.39. The number of sulfone groups is 1. The summed E-state index contributed by atoms with van der Waals surface area (Å²) >= 11 is 0. The first kappa shape index (κ1) is 20.4. The first-order valence-electron chi connectivity index (χ1n) is 10.2. The number of alkyl halides is 1. The normalized spacial score (nSPS) is 19.0. The molecule has 2 aromatic carbocycles. The fourth-order valence-corrected chi connectivity index (χ4v) is 5.25. The zero-order valence-electron chi connectivity index (χ0n) is 16.9. The maximum Gasteiger partial charge on any atom is 0.151 e. The first-order chi connectivity index (χ1) is 13.9. The van der Waals surface area contributed by atoms with Gasteiger partial charge in [0, 0.05) is 25.9 Å². The molecule has 2 heterocycles. The third-order valence-corrected chi connectivity index (χ3v) is 6.98. The van der Waals surface area contributed by atoms with Crippen molar-refractivity contribution < 1.29 is 17.5 Å². The van der Waals surface area contributed by atoms with Gasteiger partial charge < -0.3 is 9.64 Å². The second-order valence-corrected chi connectivity index (χ2v) is 10.5. The predicted molar refractivity (Wildman–Crippen MR) is 114 cm³/mol. The molecule has 2 aromatic rings. The van der Waals surface area contributed by atoms with Crippen LogP contribution < -0.4 is 4.74 Å². The number of rotatable bonds is 5. The highest BCUT2D eigenvalue weighted by Crippen LogP contribution is 2.40. The summed E-state index contributed by atoms with van der Waals surface area (Å²) in [6.07, 6.45) is 5.15. The van der Waals surface area contributed by atoms with E-state index in [0.29, 0.717) is 6.54 Å². The molecule has 1 fully saturated rings. The molecule has 29 heavy (non-hydrogen) atoms. The van der Waals surface area contributed by atoms with Crippen molar-refractivity contribution in [2.75, 3.05) is 32.6 Å². The van der Waals surface area contributed by atoms with Crippen LogP contribution in [0.2, 0.25) is 0 Å². The lowest BCUT2D eigenvalue weighted by Crippen LogP contribution is -2.50. The lowest BCUT2D eigenvalue weighted by atomic mass is 9.82. The van der Waals surface area contributed by atoms with Gasteiger partial charge in [0.2, 0.25) is 0 Å². The van der Waals surface area contributed by atoms with Crippen LogP contribution in [-0.2, 0) is 22.0 Å². The van der Waals surface area contributed by atoms with Crippen LogP contribution >= 0.6 is 0 Å². The van der Waals surface area contributed by atoms with Crippen molar-refractivity contribution in [3.63, 3.8) is 0 Å². The van der Waals surface area contributed by atoms with Crippen LogP contribution in [0.1, 0.15) is 30.4 Å². The van der Waals surface area contributed by atoms with Crippen LogP contribution in [0.3, 0.4) is 0 Å². The summed E-state index contributed by atoms with van der Waals surface area (Å²) in [5, 5.41) is 0. The van der Waals surface area contributed by atoms with Gasteiger partial charge in [-0.2, -0.15) is 0 Å². The Balaban J connectivity index is 1.47. The second kappa shape index (κ2) is 8.07. The van der Waals surface area contributed by atoms with Crippen molar-refractivity contribution >= 4 is 9.84 Å². The van der Waals surface area contributed by atoms with E-state index in [2.05, 4.69) is 23.1 Å². The minimum Gasteiger partial charge on any atom is -0.487 e. The zero-order chi connectivity index (χ0) is 20.5. The number of piperidine rings is 1. The lowest BCUT2D eigenvalue weighted by molar-refractivity contribution is -0.0153. The van der Waals surface area contributed by atoms with Gasteiger partial charge in [-0.15, -0.1) is 0 Å². The summed E-state index contributed by atoms with van der Waals surface area (Å²) in [6.45, 7) is 2.04. The molecule has 2 aliphatic rings. The Labute approximate surface area is 172 Å². The van der Waals surface area contributed by atoms with Crippen LogP contribution in [0.5, 0.6) is 5.75 Å². The largest absolute Gasteiger partial charge is 0.487 e. The van der Waals surface area contributed by atoms with Crippen molar-refractivity contribution in [3.8, 4) is 16.9 Å². The number of hydrogen-bond donors (Lipinski definition) is 0. The molecule has 0 unspecified atom stereocenters. The molecule has 4 rings (SSSR count). The maximum absolute atomic E-state index is 12.6. The summed E-state index contributed by atoms with van der Waals surface area (Å²) in [5.41, 5.74) is 4.11. The predicted octanol–water partition coefficient (Wildman–Crippen LogP) is 4.03. The Bertz CT molecular complexity index is 964. The first-order valence-corrected chi connectivity index (χ1v) is 12.3. The maximum atomic E-state index is 12.6. The number of fused-ring (bicyclic) bond motifs is 1. The third-order valence-electron chi connectivity index (χ3n) is 6.12. The van der Waals surface area contributed by atoms with E-state index >= 15 is 0 Å². The average Bonchev–Trinajstić information content (AvgIpc) is 2.69. The monoisotopic (exact) mass is 417 g/mol. The second-order valence-electron chi connectivity index (χ2n) is 8.41. The summed E-state index contributed by atoms with van der Waals surface area (Å²) in [7, 11) is -3.03. The van der Waals surface area contributed by atoms with Gasteiger partial charge in [-0.1, -0.05) is 30.3 Å². The standard InChI is InChI=1S/C23H28FNO3S/c1-29(26,27)17-18-2-4-19(5-3-18)20-6-7-22-21(16-20)8-9-23(28-22)10-13-25(14-11-23)15-12-24/h2-7,16H,8-15,17H2,1H3. The quantitative estimate of drug-likeness (QED) is 0.737. The Morgan fingerprint density at radius 1 is 1.03 bits per heavy atom. The number of halogens is 1. The van der Waals surface area contributed by atoms with Crippen molar-refractivity contribution in [1.29, 1.82) is 0 Å². The Kier molecular flexibility index (Phi) is 5.67. The van der Waals surface area contributed by atoms with Gasteiger partial charge in [0.25, 0.3) is 0 Å². The van der Waals surface area contributed by atoms with E-state index < -0.39 is 9.84 Å². The zero-order valence-corrected chi connectivity index (χ0v) is 17.7. The van der Waals surface area contributed by atoms with Crippen LogP contribution in [0.15, 0.2) is 42.5 Å². The lowest BCUT2D eigenvalue weighted by Gasteiger charge is -2.44. The molecule has 0 atom stereocenters. The van der Waals surface area contributed by atoms with E-state index in [1.165, 1.54) is 11.8 Å². The summed E-state index contributed by atoms with van der Waals surface area (Å²) in [5.74, 6) is 1.03. The molecule has 0 N–H and O–H groups in total. The molecule has 0 amide bonds. The van der Waals surface area contributed by atoms with Crippen molar-refractivity contribution in [3.05, 3.63) is 53.6 Å². The number of aryl methyl sites for hydroxylation is 1. The molecule has 156 valence electrons. The molecule has 0 bridgehead atoms. The van der Waals surface area contributed by atoms with E-state index in [4.69, 9.17) is 4.74 Å². The van der Waals surface area contributed by atoms with Crippen molar-refractivity contribution in [2.24, 2.45) is 0 Å². The van der Waals surface area contributed by atoms with Gasteiger partial charge in [-0.25, -0.2) is 12.8 Å². The molecule has 2 aliphatic heterocycles. The molecule has 1 saturated heterocycles. The SMILES string of the molecule is CS(=O)(=O)Cc1ccc(-c2ccc3c(c2)CCC2(CCN(CCF)CC2)O3)cc1. The fraction of sp³-hybridized carbons (Fsp3) is 0.478. The highest BCUT2D eigenvalue weighted by molar-refractivity contribution is 7.89. The van der Waals surface area contributed by atoms with Crippen molar-refractivity contribution in [2.45, 2.75) is 37.0 Å². The van der Waals surface area contributed by atoms with Crippen LogP contribution in [0.25, 0.3) is 11.1 Å². The Morgan fingerprint density at radius 3 is 2.38 bits per heavy atom. The van der Waals surface area contributed by atoms with Gasteiger partial charge in [-0.05, 0) is 60.1 Å². The average molecular weight is 418 g/mol. The molecular formula is C23H28FNO3S. The molecule has 0 aromatic heterocycles. The summed E-state index contributed by atoms with van der Waals surface area (Å²) in [4.78, 5) is 2.18. The van der Waals surface area contributed by atoms with E-state index in [1.54, 1.807) is 0 Å². The fourth-order valence-electron chi connectivity index (χ4n) is 4.45. The molecule has 1 spiro atoms. The minimum absolute atomic E-state index is 0.0656. The topological polar surface area (TPSA) is 46.6 Å². The molecule has 0 aliphatic carbocycles. The van der Waals surface area contributed by atoms with Gasteiger partial charge in [0.1, 0.15) is 18.0 Å². The Hall–Kier alpha value is -1.92. The molecule has 4 nitrogen and oxygen atoms in total. The van der Waals surface area contributed by atoms with Crippen LogP contribution in [0.4, 0.5) is 4.39 Å². The molecular weight excluding hydrogens is 389 g/mol. The number of nitrogens with zero attached hydrogens (tertiary/aromatic N) is 1. The third kappa shape index (κ3) is 4.81. The number of benzene rings is 2. The van der Waals surface area contributed by atoms with Crippen LogP contribution in [-0.4, -0.2) is 51.5 Å².